The van der Waals surface area contributed by atoms with Gasteiger partial charge >= 0.3 is 0 Å². The van der Waals surface area contributed by atoms with E-state index < -0.39 is 11.9 Å². The molecule has 0 aromatic heterocycles. The lowest BCUT2D eigenvalue weighted by molar-refractivity contribution is 0.157. The van der Waals surface area contributed by atoms with Crippen molar-refractivity contribution in [1.29, 1.82) is 0 Å². The minimum Gasteiger partial charge on any atom is -0.388 e. The van der Waals surface area contributed by atoms with Gasteiger partial charge < -0.3 is 10.8 Å². The molecule has 0 fully saturated rings. The Morgan fingerprint density at radius 3 is 2.73 bits per heavy atom. The predicted octanol–water partition coefficient (Wildman–Crippen LogP) is 2.64. The molecular formula is C11H15ClFNO. The third kappa shape index (κ3) is 3.45. The quantitative estimate of drug-likeness (QED) is 0.837. The first kappa shape index (κ1) is 12.4. The molecule has 0 aliphatic rings. The number of hydrogen-bond acceptors (Lipinski definition) is 2. The molecule has 0 bridgehead atoms. The summed E-state index contributed by atoms with van der Waals surface area (Å²) in [6.45, 7) is 1.95. The summed E-state index contributed by atoms with van der Waals surface area (Å²) in [6.07, 6.45) is 0.572. The Kier molecular flexibility index (Phi) is 4.51. The van der Waals surface area contributed by atoms with Crippen LogP contribution in [0.15, 0.2) is 18.2 Å². The molecule has 0 aliphatic carbocycles. The van der Waals surface area contributed by atoms with E-state index in [9.17, 15) is 9.50 Å². The number of aliphatic hydroxyl groups excluding tert-OH is 1. The van der Waals surface area contributed by atoms with Gasteiger partial charge in [-0.1, -0.05) is 24.6 Å². The Morgan fingerprint density at radius 2 is 2.20 bits per heavy atom. The van der Waals surface area contributed by atoms with Crippen LogP contribution in [0.5, 0.6) is 0 Å². The molecule has 0 radical (unpaired) electrons. The smallest absolute Gasteiger partial charge is 0.141 e. The van der Waals surface area contributed by atoms with Crippen LogP contribution in [-0.4, -0.2) is 11.1 Å². The summed E-state index contributed by atoms with van der Waals surface area (Å²) < 4.78 is 12.9. The Balaban J connectivity index is 2.73. The summed E-state index contributed by atoms with van der Waals surface area (Å²) in [7, 11) is 0. The van der Waals surface area contributed by atoms with Gasteiger partial charge in [-0.3, -0.25) is 0 Å². The Morgan fingerprint density at radius 1 is 1.53 bits per heavy atom. The van der Waals surface area contributed by atoms with Gasteiger partial charge in [-0.25, -0.2) is 4.39 Å². The van der Waals surface area contributed by atoms with Crippen LogP contribution < -0.4 is 5.73 Å². The third-order valence-electron chi connectivity index (χ3n) is 2.38. The summed E-state index contributed by atoms with van der Waals surface area (Å²) in [5.74, 6) is -0.479. The molecule has 0 saturated carbocycles. The summed E-state index contributed by atoms with van der Waals surface area (Å²) in [4.78, 5) is 0. The SMILES string of the molecule is CCC(N)CC(O)c1ccc(F)c(Cl)c1. The average molecular weight is 232 g/mol. The van der Waals surface area contributed by atoms with Gasteiger partial charge in [0.15, 0.2) is 0 Å². The van der Waals surface area contributed by atoms with Gasteiger partial charge in [0.25, 0.3) is 0 Å². The van der Waals surface area contributed by atoms with E-state index in [1.54, 1.807) is 0 Å². The molecule has 15 heavy (non-hydrogen) atoms. The highest BCUT2D eigenvalue weighted by atomic mass is 35.5. The summed E-state index contributed by atoms with van der Waals surface area (Å²) >= 11 is 5.61. The van der Waals surface area contributed by atoms with Crippen molar-refractivity contribution >= 4 is 11.6 Å². The molecule has 2 nitrogen and oxygen atoms in total. The van der Waals surface area contributed by atoms with E-state index in [0.29, 0.717) is 12.0 Å². The van der Waals surface area contributed by atoms with E-state index in [-0.39, 0.29) is 11.1 Å². The molecule has 3 N–H and O–H groups in total. The minimum atomic E-state index is -0.682. The maximum absolute atomic E-state index is 12.9. The number of aliphatic hydroxyl groups is 1. The fraction of sp³-hybridized carbons (Fsp3) is 0.455. The van der Waals surface area contributed by atoms with Gasteiger partial charge in [-0.2, -0.15) is 0 Å². The molecule has 0 spiro atoms. The maximum Gasteiger partial charge on any atom is 0.141 e. The summed E-state index contributed by atoms with van der Waals surface area (Å²) in [6, 6.07) is 4.15. The molecule has 2 unspecified atom stereocenters. The van der Waals surface area contributed by atoms with Gasteiger partial charge in [0.2, 0.25) is 0 Å². The van der Waals surface area contributed by atoms with E-state index in [1.165, 1.54) is 18.2 Å². The van der Waals surface area contributed by atoms with Crippen LogP contribution in [0, 0.1) is 5.82 Å². The second-order valence-corrected chi connectivity index (χ2v) is 4.00. The van der Waals surface area contributed by atoms with Gasteiger partial charge in [-0.15, -0.1) is 0 Å². The zero-order valence-corrected chi connectivity index (χ0v) is 9.34. The van der Waals surface area contributed by atoms with Crippen molar-refractivity contribution in [2.45, 2.75) is 31.9 Å². The van der Waals surface area contributed by atoms with Gasteiger partial charge in [0.05, 0.1) is 11.1 Å². The van der Waals surface area contributed by atoms with E-state index in [4.69, 9.17) is 17.3 Å². The van der Waals surface area contributed by atoms with Crippen LogP contribution in [-0.2, 0) is 0 Å². The van der Waals surface area contributed by atoms with Gasteiger partial charge in [0.1, 0.15) is 5.82 Å². The lowest BCUT2D eigenvalue weighted by Crippen LogP contribution is -2.21. The van der Waals surface area contributed by atoms with Crippen LogP contribution in [0.1, 0.15) is 31.4 Å². The average Bonchev–Trinajstić information content (AvgIpc) is 2.21. The van der Waals surface area contributed by atoms with Crippen LogP contribution in [0.3, 0.4) is 0 Å². The molecular weight excluding hydrogens is 217 g/mol. The zero-order chi connectivity index (χ0) is 11.4. The number of nitrogens with two attached hydrogens (primary N) is 1. The number of hydrogen-bond donors (Lipinski definition) is 2. The summed E-state index contributed by atoms with van der Waals surface area (Å²) in [5.41, 5.74) is 6.31. The second kappa shape index (κ2) is 5.45. The Hall–Kier alpha value is -0.640. The monoisotopic (exact) mass is 231 g/mol. The van der Waals surface area contributed by atoms with E-state index >= 15 is 0 Å². The van der Waals surface area contributed by atoms with Crippen molar-refractivity contribution in [1.82, 2.24) is 0 Å². The highest BCUT2D eigenvalue weighted by molar-refractivity contribution is 6.30. The molecule has 0 saturated heterocycles. The molecule has 1 aromatic carbocycles. The molecule has 84 valence electrons. The number of rotatable bonds is 4. The van der Waals surface area contributed by atoms with Crippen LogP contribution in [0.25, 0.3) is 0 Å². The molecule has 1 aromatic rings. The molecule has 0 heterocycles. The second-order valence-electron chi connectivity index (χ2n) is 3.59. The molecule has 0 amide bonds. The Bertz CT molecular complexity index is 332. The van der Waals surface area contributed by atoms with Gasteiger partial charge in [0, 0.05) is 6.04 Å². The first-order valence-corrected chi connectivity index (χ1v) is 5.31. The van der Waals surface area contributed by atoms with E-state index in [2.05, 4.69) is 0 Å². The van der Waals surface area contributed by atoms with Gasteiger partial charge in [-0.05, 0) is 30.5 Å². The van der Waals surface area contributed by atoms with E-state index in [0.717, 1.165) is 6.42 Å². The lowest BCUT2D eigenvalue weighted by Gasteiger charge is -2.15. The normalized spacial score (nSPS) is 15.0. The lowest BCUT2D eigenvalue weighted by atomic mass is 10.0. The largest absolute Gasteiger partial charge is 0.388 e. The van der Waals surface area contributed by atoms with Crippen LogP contribution >= 0.6 is 11.6 Å². The van der Waals surface area contributed by atoms with Crippen molar-refractivity contribution in [2.24, 2.45) is 5.73 Å². The van der Waals surface area contributed by atoms with Crippen molar-refractivity contribution < 1.29 is 9.50 Å². The van der Waals surface area contributed by atoms with Crippen molar-refractivity contribution in [3.8, 4) is 0 Å². The first-order valence-electron chi connectivity index (χ1n) is 4.93. The summed E-state index contributed by atoms with van der Waals surface area (Å²) in [5, 5.41) is 9.80. The number of benzene rings is 1. The van der Waals surface area contributed by atoms with Crippen LogP contribution in [0.4, 0.5) is 4.39 Å². The zero-order valence-electron chi connectivity index (χ0n) is 8.58. The van der Waals surface area contributed by atoms with E-state index in [1.807, 2.05) is 6.92 Å². The third-order valence-corrected chi connectivity index (χ3v) is 2.67. The number of halogens is 2. The van der Waals surface area contributed by atoms with Crippen molar-refractivity contribution in [3.05, 3.63) is 34.6 Å². The van der Waals surface area contributed by atoms with Crippen molar-refractivity contribution in [3.63, 3.8) is 0 Å². The fourth-order valence-corrected chi connectivity index (χ4v) is 1.50. The standard InChI is InChI=1S/C11H15ClFNO/c1-2-8(14)6-11(15)7-3-4-10(13)9(12)5-7/h3-5,8,11,15H,2,6,14H2,1H3. The Labute approximate surface area is 93.9 Å². The van der Waals surface area contributed by atoms with Crippen molar-refractivity contribution in [2.75, 3.05) is 0 Å². The topological polar surface area (TPSA) is 46.2 Å². The predicted molar refractivity (Wildman–Crippen MR) is 59.3 cm³/mol. The first-order chi connectivity index (χ1) is 7.04. The highest BCUT2D eigenvalue weighted by Crippen LogP contribution is 2.23. The molecule has 0 aliphatic heterocycles. The highest BCUT2D eigenvalue weighted by Gasteiger charge is 2.13. The maximum atomic E-state index is 12.9. The molecule has 1 rings (SSSR count). The minimum absolute atomic E-state index is 0.0246. The van der Waals surface area contributed by atoms with Crippen LogP contribution in [0.2, 0.25) is 5.02 Å². The molecule has 4 heteroatoms. The fourth-order valence-electron chi connectivity index (χ4n) is 1.31. The molecule has 2 atom stereocenters.